The van der Waals surface area contributed by atoms with Crippen molar-refractivity contribution in [2.24, 2.45) is 5.92 Å². The van der Waals surface area contributed by atoms with Crippen molar-refractivity contribution < 1.29 is 0 Å². The van der Waals surface area contributed by atoms with Crippen LogP contribution in [0, 0.1) is 5.92 Å². The average Bonchev–Trinajstić information content (AvgIpc) is 2.68. The van der Waals surface area contributed by atoms with Gasteiger partial charge in [-0.25, -0.2) is 9.97 Å². The van der Waals surface area contributed by atoms with Crippen molar-refractivity contribution in [1.29, 1.82) is 0 Å². The highest BCUT2D eigenvalue weighted by Gasteiger charge is 2.45. The van der Waals surface area contributed by atoms with Crippen molar-refractivity contribution in [3.05, 3.63) is 275 Å². The molecule has 5 aliphatic carbocycles. The SMILES string of the molecule is CC1(C)c2ccccc2-c2ccc(-c3ccc(-c4nc5c(-c6ccc7c(c6)C(C)(C)c6ccccc6-7)ccc(-c6ccc7c(c6)C(C)(C)C6C=CC=CC76)c5nc4-c4ccc(-c5ccc6c(c5)C(C)(C)c5ccccc5-6)cc4)cc3)cc21. The van der Waals surface area contributed by atoms with Gasteiger partial charge < -0.3 is 0 Å². The van der Waals surface area contributed by atoms with Crippen LogP contribution in [-0.4, -0.2) is 9.97 Å². The molecule has 1 aromatic heterocycles. The molecule has 2 nitrogen and oxygen atoms in total. The van der Waals surface area contributed by atoms with E-state index in [9.17, 15) is 0 Å². The van der Waals surface area contributed by atoms with Crippen LogP contribution in [0.2, 0.25) is 0 Å². The smallest absolute Gasteiger partial charge is 0.0979 e. The minimum Gasteiger partial charge on any atom is -0.243 e. The number of aromatic nitrogens is 2. The van der Waals surface area contributed by atoms with Crippen LogP contribution >= 0.6 is 0 Å². The maximum atomic E-state index is 5.98. The minimum atomic E-state index is -0.159. The molecule has 2 unspecified atom stereocenters. The van der Waals surface area contributed by atoms with E-state index < -0.39 is 0 Å². The van der Waals surface area contributed by atoms with Gasteiger partial charge in [-0.2, -0.15) is 0 Å². The van der Waals surface area contributed by atoms with Gasteiger partial charge in [0.1, 0.15) is 0 Å². The van der Waals surface area contributed by atoms with Crippen molar-refractivity contribution >= 4 is 11.0 Å². The van der Waals surface area contributed by atoms with E-state index in [0.29, 0.717) is 11.8 Å². The van der Waals surface area contributed by atoms with Crippen LogP contribution in [-0.2, 0) is 21.7 Å². The molecule has 0 saturated heterocycles. The molecular formula is C80H64N2. The van der Waals surface area contributed by atoms with Crippen molar-refractivity contribution in [2.75, 3.05) is 0 Å². The van der Waals surface area contributed by atoms with Gasteiger partial charge in [0.15, 0.2) is 0 Å². The Bertz CT molecular complexity index is 4610. The summed E-state index contributed by atoms with van der Waals surface area (Å²) in [6.07, 6.45) is 9.26. The Morgan fingerprint density at radius 3 is 1.06 bits per heavy atom. The molecule has 82 heavy (non-hydrogen) atoms. The molecule has 5 aliphatic rings. The zero-order valence-electron chi connectivity index (χ0n) is 48.0. The van der Waals surface area contributed by atoms with Gasteiger partial charge in [0.25, 0.3) is 0 Å². The number of rotatable bonds is 6. The van der Waals surface area contributed by atoms with Crippen LogP contribution in [0.5, 0.6) is 0 Å². The van der Waals surface area contributed by atoms with E-state index in [-0.39, 0.29) is 21.7 Å². The highest BCUT2D eigenvalue weighted by atomic mass is 14.8. The summed E-state index contributed by atoms with van der Waals surface area (Å²) in [7, 11) is 0. The lowest BCUT2D eigenvalue weighted by molar-refractivity contribution is 0.394. The monoisotopic (exact) mass is 1050 g/mol. The maximum absolute atomic E-state index is 5.98. The molecule has 10 aromatic carbocycles. The molecule has 11 aromatic rings. The third-order valence-electron chi connectivity index (χ3n) is 20.3. The molecule has 0 N–H and O–H groups in total. The first-order valence-electron chi connectivity index (χ1n) is 29.5. The predicted octanol–water partition coefficient (Wildman–Crippen LogP) is 20.7. The number of fused-ring (bicyclic) bond motifs is 13. The number of allylic oxidation sites excluding steroid dienone is 4. The molecule has 0 radical (unpaired) electrons. The first kappa shape index (κ1) is 48.9. The quantitative estimate of drug-likeness (QED) is 0.166. The lowest BCUT2D eigenvalue weighted by Gasteiger charge is -2.29. The Kier molecular flexibility index (Phi) is 10.3. The molecule has 0 spiro atoms. The van der Waals surface area contributed by atoms with Gasteiger partial charge in [0.2, 0.25) is 0 Å². The van der Waals surface area contributed by atoms with Crippen molar-refractivity contribution in [2.45, 2.75) is 83.0 Å². The fourth-order valence-electron chi connectivity index (χ4n) is 15.6. The molecule has 0 aliphatic heterocycles. The summed E-state index contributed by atoms with van der Waals surface area (Å²) < 4.78 is 0. The van der Waals surface area contributed by atoms with Crippen molar-refractivity contribution in [3.8, 4) is 100 Å². The lowest BCUT2D eigenvalue weighted by atomic mass is 9.74. The van der Waals surface area contributed by atoms with E-state index in [1.807, 2.05) is 0 Å². The van der Waals surface area contributed by atoms with E-state index in [4.69, 9.17) is 9.97 Å². The Morgan fingerprint density at radius 1 is 0.280 bits per heavy atom. The van der Waals surface area contributed by atoms with Crippen molar-refractivity contribution in [1.82, 2.24) is 9.97 Å². The average molecular weight is 1050 g/mol. The zero-order valence-corrected chi connectivity index (χ0v) is 48.0. The normalized spacial score (nSPS) is 18.0. The van der Waals surface area contributed by atoms with Crippen molar-refractivity contribution in [3.63, 3.8) is 0 Å². The highest BCUT2D eigenvalue weighted by molar-refractivity contribution is 6.04. The predicted molar refractivity (Wildman–Crippen MR) is 342 cm³/mol. The molecule has 0 saturated carbocycles. The van der Waals surface area contributed by atoms with Gasteiger partial charge in [-0.15, -0.1) is 0 Å². The van der Waals surface area contributed by atoms with E-state index in [2.05, 4.69) is 286 Å². The molecule has 1 heterocycles. The number of hydrogen-bond acceptors (Lipinski definition) is 2. The van der Waals surface area contributed by atoms with Gasteiger partial charge in [-0.1, -0.05) is 268 Å². The van der Waals surface area contributed by atoms with Gasteiger partial charge in [-0.3, -0.25) is 0 Å². The fraction of sp³-hybridized carbons (Fsp3) is 0.175. The molecule has 0 bridgehead atoms. The number of nitrogens with zero attached hydrogens (tertiary/aromatic N) is 2. The molecule has 2 atom stereocenters. The van der Waals surface area contributed by atoms with E-state index in [1.54, 1.807) is 0 Å². The van der Waals surface area contributed by atoms with Gasteiger partial charge in [0.05, 0.1) is 22.4 Å². The molecule has 2 heteroatoms. The lowest BCUT2D eigenvalue weighted by Crippen LogP contribution is -2.24. The Morgan fingerprint density at radius 2 is 0.610 bits per heavy atom. The second kappa shape index (κ2) is 17.3. The zero-order chi connectivity index (χ0) is 55.6. The first-order valence-corrected chi connectivity index (χ1v) is 29.5. The van der Waals surface area contributed by atoms with Crippen LogP contribution in [0.3, 0.4) is 0 Å². The summed E-state index contributed by atoms with van der Waals surface area (Å²) in [6, 6.07) is 77.9. The maximum Gasteiger partial charge on any atom is 0.0979 e. The summed E-state index contributed by atoms with van der Waals surface area (Å²) in [5, 5.41) is 0. The molecule has 0 fully saturated rings. The molecule has 0 amide bonds. The number of benzene rings is 10. The van der Waals surface area contributed by atoms with Gasteiger partial charge in [0, 0.05) is 44.4 Å². The molecular weight excluding hydrogens is 989 g/mol. The number of hydrogen-bond donors (Lipinski definition) is 0. The van der Waals surface area contributed by atoms with Crippen LogP contribution in [0.4, 0.5) is 0 Å². The van der Waals surface area contributed by atoms with Gasteiger partial charge >= 0.3 is 0 Å². The second-order valence-corrected chi connectivity index (χ2v) is 26.1. The van der Waals surface area contributed by atoms with Gasteiger partial charge in [-0.05, 0) is 141 Å². The van der Waals surface area contributed by atoms with E-state index in [0.717, 1.165) is 55.8 Å². The molecule has 394 valence electrons. The Hall–Kier alpha value is -8.98. The third kappa shape index (κ3) is 6.94. The van der Waals surface area contributed by atoms with E-state index >= 15 is 0 Å². The standard InChI is InChI=1S/C80H64N2/c1-77(2)65-21-13-9-17-57(65)61-37-33-51(43-69(61)77)47-25-29-49(30-26-47)73-74(50-31-27-48(28-32-50)52-34-38-62-58-18-10-14-22-66(58)78(3,4)70(62)44-52)82-76-56(54-36-40-64-60-20-12-16-24-68(60)80(7,8)72(64)46-54)42-41-55(75(76)81-73)53-35-39-63-59-19-11-15-23-67(59)79(5,6)71(63)45-53/h9-46,59,67H,1-8H3. The third-order valence-corrected chi connectivity index (χ3v) is 20.3. The Labute approximate surface area is 482 Å². The summed E-state index contributed by atoms with van der Waals surface area (Å²) in [5.74, 6) is 0.777. The van der Waals surface area contributed by atoms with Crippen LogP contribution in [0.15, 0.2) is 231 Å². The Balaban J connectivity index is 0.887. The first-order chi connectivity index (χ1) is 39.7. The van der Waals surface area contributed by atoms with Crippen LogP contribution < -0.4 is 0 Å². The summed E-state index contributed by atoms with van der Waals surface area (Å²) in [4.78, 5) is 12.0. The van der Waals surface area contributed by atoms with E-state index in [1.165, 1.54) is 100 Å². The minimum absolute atomic E-state index is 0.0424. The largest absolute Gasteiger partial charge is 0.243 e. The second-order valence-electron chi connectivity index (χ2n) is 26.1. The topological polar surface area (TPSA) is 25.8 Å². The molecule has 16 rings (SSSR count). The summed E-state index contributed by atoms with van der Waals surface area (Å²) in [5.41, 5.74) is 33.4. The summed E-state index contributed by atoms with van der Waals surface area (Å²) in [6.45, 7) is 19.0. The highest BCUT2D eigenvalue weighted by Crippen LogP contribution is 2.56. The summed E-state index contributed by atoms with van der Waals surface area (Å²) >= 11 is 0. The van der Waals surface area contributed by atoms with Crippen LogP contribution in [0.1, 0.15) is 106 Å². The van der Waals surface area contributed by atoms with Crippen LogP contribution in [0.25, 0.3) is 111 Å². The fourth-order valence-corrected chi connectivity index (χ4v) is 15.6.